The molecule has 4 rings (SSSR count). The van der Waals surface area contributed by atoms with Crippen LogP contribution >= 0.6 is 22.9 Å². The van der Waals surface area contributed by atoms with Gasteiger partial charge in [0, 0.05) is 16.1 Å². The molecule has 0 radical (unpaired) electrons. The lowest BCUT2D eigenvalue weighted by Crippen LogP contribution is -2.18. The van der Waals surface area contributed by atoms with Crippen molar-refractivity contribution in [3.05, 3.63) is 63.2 Å². The van der Waals surface area contributed by atoms with E-state index < -0.39 is 5.97 Å². The molecule has 1 aliphatic carbocycles. The van der Waals surface area contributed by atoms with E-state index in [1.54, 1.807) is 36.5 Å². The second-order valence-electron chi connectivity index (χ2n) is 7.79. The molecule has 1 aromatic carbocycles. The number of halogens is 1. The standard InChI is InChI=1S/C23H24ClN3O4S/c1-14(2)31-23(29)20-17-8-3-4-9-19(17)32-22(20)25-21(28)18-10-11-27(26-18)13-30-16-7-5-6-15(24)12-16/h5-7,10-12,14H,3-4,8-9,13H2,1-2H3,(H,25,28). The molecule has 1 amide bonds. The number of carbonyl (C=O) groups is 2. The van der Waals surface area contributed by atoms with Crippen LogP contribution in [0.5, 0.6) is 5.75 Å². The number of hydrogen-bond acceptors (Lipinski definition) is 6. The van der Waals surface area contributed by atoms with Gasteiger partial charge in [0.05, 0.1) is 11.7 Å². The average molecular weight is 474 g/mol. The van der Waals surface area contributed by atoms with Crippen LogP contribution in [0, 0.1) is 0 Å². The monoisotopic (exact) mass is 473 g/mol. The molecule has 9 heteroatoms. The van der Waals surface area contributed by atoms with E-state index in [0.29, 0.717) is 21.3 Å². The van der Waals surface area contributed by atoms with Crippen LogP contribution in [0.4, 0.5) is 5.00 Å². The van der Waals surface area contributed by atoms with E-state index in [-0.39, 0.29) is 24.4 Å². The summed E-state index contributed by atoms with van der Waals surface area (Å²) in [4.78, 5) is 26.8. The highest BCUT2D eigenvalue weighted by atomic mass is 35.5. The number of thiophene rings is 1. The topological polar surface area (TPSA) is 82.5 Å². The zero-order valence-corrected chi connectivity index (χ0v) is 19.5. The summed E-state index contributed by atoms with van der Waals surface area (Å²) < 4.78 is 12.6. The van der Waals surface area contributed by atoms with Gasteiger partial charge in [-0.2, -0.15) is 5.10 Å². The lowest BCUT2D eigenvalue weighted by molar-refractivity contribution is 0.0378. The predicted molar refractivity (Wildman–Crippen MR) is 124 cm³/mol. The molecule has 7 nitrogen and oxygen atoms in total. The van der Waals surface area contributed by atoms with Crippen LogP contribution in [-0.4, -0.2) is 27.8 Å². The van der Waals surface area contributed by atoms with Crippen molar-refractivity contribution in [3.8, 4) is 5.75 Å². The van der Waals surface area contributed by atoms with Gasteiger partial charge in [0.2, 0.25) is 0 Å². The van der Waals surface area contributed by atoms with Crippen molar-refractivity contribution >= 4 is 39.8 Å². The second-order valence-corrected chi connectivity index (χ2v) is 9.34. The molecule has 168 valence electrons. The number of nitrogens with zero attached hydrogens (tertiary/aromatic N) is 2. The smallest absolute Gasteiger partial charge is 0.341 e. The first-order valence-electron chi connectivity index (χ1n) is 10.5. The molecular weight excluding hydrogens is 450 g/mol. The number of esters is 1. The molecule has 0 bridgehead atoms. The maximum Gasteiger partial charge on any atom is 0.341 e. The number of amides is 1. The number of rotatable bonds is 7. The Kier molecular flexibility index (Phi) is 6.81. The van der Waals surface area contributed by atoms with Gasteiger partial charge in [0.1, 0.15) is 10.8 Å². The zero-order valence-electron chi connectivity index (χ0n) is 17.9. The summed E-state index contributed by atoms with van der Waals surface area (Å²) in [5.74, 6) is -0.171. The quantitative estimate of drug-likeness (QED) is 0.469. The summed E-state index contributed by atoms with van der Waals surface area (Å²) in [6.45, 7) is 3.76. The van der Waals surface area contributed by atoms with Gasteiger partial charge < -0.3 is 14.8 Å². The summed E-state index contributed by atoms with van der Waals surface area (Å²) in [6.07, 6.45) is 5.26. The van der Waals surface area contributed by atoms with E-state index in [0.717, 1.165) is 36.1 Å². The van der Waals surface area contributed by atoms with Crippen molar-refractivity contribution in [2.75, 3.05) is 5.32 Å². The highest BCUT2D eigenvalue weighted by molar-refractivity contribution is 7.17. The number of aromatic nitrogens is 2. The Morgan fingerprint density at radius 2 is 2.06 bits per heavy atom. The summed E-state index contributed by atoms with van der Waals surface area (Å²) in [7, 11) is 0. The molecule has 1 N–H and O–H groups in total. The van der Waals surface area contributed by atoms with Gasteiger partial charge in [0.15, 0.2) is 12.4 Å². The fourth-order valence-corrected chi connectivity index (χ4v) is 5.01. The lowest BCUT2D eigenvalue weighted by atomic mass is 9.95. The zero-order chi connectivity index (χ0) is 22.7. The van der Waals surface area contributed by atoms with Crippen LogP contribution in [0.25, 0.3) is 0 Å². The minimum Gasteiger partial charge on any atom is -0.471 e. The SMILES string of the molecule is CC(C)OC(=O)c1c(NC(=O)c2ccn(COc3cccc(Cl)c3)n2)sc2c1CCCC2. The van der Waals surface area contributed by atoms with Crippen molar-refractivity contribution < 1.29 is 19.1 Å². The Morgan fingerprint density at radius 1 is 1.25 bits per heavy atom. The number of nitrogens with one attached hydrogen (secondary N) is 1. The van der Waals surface area contributed by atoms with Gasteiger partial charge in [-0.15, -0.1) is 11.3 Å². The van der Waals surface area contributed by atoms with E-state index in [1.807, 2.05) is 13.8 Å². The van der Waals surface area contributed by atoms with Crippen LogP contribution in [0.1, 0.15) is 58.0 Å². The van der Waals surface area contributed by atoms with Crippen LogP contribution in [-0.2, 0) is 24.3 Å². The molecule has 3 aromatic rings. The van der Waals surface area contributed by atoms with Crippen molar-refractivity contribution in [2.24, 2.45) is 0 Å². The van der Waals surface area contributed by atoms with Crippen LogP contribution < -0.4 is 10.1 Å². The highest BCUT2D eigenvalue weighted by Gasteiger charge is 2.28. The van der Waals surface area contributed by atoms with Crippen LogP contribution in [0.2, 0.25) is 5.02 Å². The van der Waals surface area contributed by atoms with E-state index >= 15 is 0 Å². The Morgan fingerprint density at radius 3 is 2.84 bits per heavy atom. The molecule has 0 saturated carbocycles. The Hall–Kier alpha value is -2.84. The molecular formula is C23H24ClN3O4S. The number of fused-ring (bicyclic) bond motifs is 1. The Balaban J connectivity index is 1.48. The largest absolute Gasteiger partial charge is 0.471 e. The molecule has 0 spiro atoms. The van der Waals surface area contributed by atoms with E-state index in [4.69, 9.17) is 21.1 Å². The van der Waals surface area contributed by atoms with Gasteiger partial charge in [-0.3, -0.25) is 4.79 Å². The fraction of sp³-hybridized carbons (Fsp3) is 0.348. The molecule has 0 aliphatic heterocycles. The molecule has 0 fully saturated rings. The summed E-state index contributed by atoms with van der Waals surface area (Å²) >= 11 is 7.41. The third kappa shape index (κ3) is 5.14. The minimum absolute atomic E-state index is 0.132. The third-order valence-electron chi connectivity index (χ3n) is 4.98. The number of benzene rings is 1. The number of aryl methyl sites for hydroxylation is 1. The summed E-state index contributed by atoms with van der Waals surface area (Å²) in [5.41, 5.74) is 1.72. The van der Waals surface area contributed by atoms with E-state index in [2.05, 4.69) is 10.4 Å². The van der Waals surface area contributed by atoms with Crippen molar-refractivity contribution in [3.63, 3.8) is 0 Å². The lowest BCUT2D eigenvalue weighted by Gasteiger charge is -2.14. The first-order valence-corrected chi connectivity index (χ1v) is 11.7. The van der Waals surface area contributed by atoms with Gasteiger partial charge >= 0.3 is 5.97 Å². The maximum absolute atomic E-state index is 12.9. The summed E-state index contributed by atoms with van der Waals surface area (Å²) in [6, 6.07) is 8.66. The van der Waals surface area contributed by atoms with E-state index in [9.17, 15) is 9.59 Å². The van der Waals surface area contributed by atoms with Gasteiger partial charge in [-0.25, -0.2) is 9.48 Å². The summed E-state index contributed by atoms with van der Waals surface area (Å²) in [5, 5.41) is 8.26. The molecule has 1 aliphatic rings. The Labute approximate surface area is 195 Å². The van der Waals surface area contributed by atoms with Crippen LogP contribution in [0.15, 0.2) is 36.5 Å². The second kappa shape index (κ2) is 9.75. The van der Waals surface area contributed by atoms with Crippen molar-refractivity contribution in [1.82, 2.24) is 9.78 Å². The predicted octanol–water partition coefficient (Wildman–Crippen LogP) is 5.33. The van der Waals surface area contributed by atoms with Crippen LogP contribution in [0.3, 0.4) is 0 Å². The molecule has 0 atom stereocenters. The minimum atomic E-state index is -0.393. The van der Waals surface area contributed by atoms with Gasteiger partial charge in [-0.05, 0) is 69.4 Å². The van der Waals surface area contributed by atoms with Crippen molar-refractivity contribution in [2.45, 2.75) is 52.4 Å². The normalized spacial score (nSPS) is 13.0. The Bertz CT molecular complexity index is 1140. The number of anilines is 1. The average Bonchev–Trinajstić information content (AvgIpc) is 3.36. The first kappa shape index (κ1) is 22.4. The molecule has 2 aromatic heterocycles. The maximum atomic E-state index is 12.9. The number of hydrogen-bond donors (Lipinski definition) is 1. The van der Waals surface area contributed by atoms with Gasteiger partial charge in [-0.1, -0.05) is 17.7 Å². The third-order valence-corrected chi connectivity index (χ3v) is 6.42. The molecule has 0 unspecified atom stereocenters. The molecule has 2 heterocycles. The molecule has 0 saturated heterocycles. The van der Waals surface area contributed by atoms with Crippen molar-refractivity contribution in [1.29, 1.82) is 0 Å². The number of ether oxygens (including phenoxy) is 2. The van der Waals surface area contributed by atoms with Gasteiger partial charge in [0.25, 0.3) is 5.91 Å². The molecule has 32 heavy (non-hydrogen) atoms. The fourth-order valence-electron chi connectivity index (χ4n) is 3.56. The van der Waals surface area contributed by atoms with E-state index in [1.165, 1.54) is 16.0 Å². The number of carbonyl (C=O) groups excluding carboxylic acids is 2. The highest BCUT2D eigenvalue weighted by Crippen LogP contribution is 2.39. The first-order chi connectivity index (χ1) is 15.4.